The summed E-state index contributed by atoms with van der Waals surface area (Å²) in [6.07, 6.45) is 5.44. The molecule has 7 heteroatoms. The number of nitrogens with one attached hydrogen (secondary N) is 1. The second kappa shape index (κ2) is 7.12. The average molecular weight is 389 g/mol. The maximum Gasteiger partial charge on any atom is 0.274 e. The Morgan fingerprint density at radius 2 is 2.07 bits per heavy atom. The van der Waals surface area contributed by atoms with Crippen LogP contribution in [0.2, 0.25) is 0 Å². The number of likely N-dealkylation sites (N-methyl/N-ethyl adjacent to an activating group) is 1. The second-order valence-corrected chi connectivity index (χ2v) is 8.60. The fourth-order valence-corrected chi connectivity index (χ4v) is 5.45. The Balaban J connectivity index is 1.63. The van der Waals surface area contributed by atoms with Crippen molar-refractivity contribution in [2.45, 2.75) is 63.6 Å². The van der Waals surface area contributed by atoms with Crippen LogP contribution in [-0.4, -0.2) is 52.0 Å². The fraction of sp³-hybridized carbons (Fsp3) is 0.619. The molecule has 0 unspecified atom stereocenters. The number of hydrogen-bond acceptors (Lipinski definition) is 4. The van der Waals surface area contributed by atoms with E-state index in [1.54, 1.807) is 11.5 Å². The van der Waals surface area contributed by atoms with Crippen molar-refractivity contribution >= 4 is 11.8 Å². The van der Waals surface area contributed by atoms with Crippen molar-refractivity contribution in [1.82, 2.24) is 15.3 Å². The first-order chi connectivity index (χ1) is 13.4. The zero-order valence-corrected chi connectivity index (χ0v) is 16.5. The number of carbonyl (C=O) groups excluding carboxylic acids is 2. The number of benzene rings is 1. The summed E-state index contributed by atoms with van der Waals surface area (Å²) in [7, 11) is 1.93. The van der Waals surface area contributed by atoms with Crippen LogP contribution in [0.3, 0.4) is 0 Å². The Morgan fingerprint density at radius 1 is 1.36 bits per heavy atom. The van der Waals surface area contributed by atoms with Crippen molar-refractivity contribution in [2.24, 2.45) is 5.92 Å². The number of amides is 2. The SMILES string of the molecule is CC[C@H]1Cc2c(F)cc(C(=O)NO)cc2CN1CC12CCC(CC1)C(=O)N2C. The first-order valence-corrected chi connectivity index (χ1v) is 10.2. The molecule has 28 heavy (non-hydrogen) atoms. The predicted molar refractivity (Wildman–Crippen MR) is 101 cm³/mol. The molecule has 0 aromatic heterocycles. The predicted octanol–water partition coefficient (Wildman–Crippen LogP) is 2.48. The van der Waals surface area contributed by atoms with E-state index < -0.39 is 11.7 Å². The highest BCUT2D eigenvalue weighted by Gasteiger charge is 2.50. The highest BCUT2D eigenvalue weighted by molar-refractivity contribution is 5.93. The van der Waals surface area contributed by atoms with Crippen LogP contribution < -0.4 is 5.48 Å². The molecule has 2 bridgehead atoms. The molecular formula is C21H28FN3O3. The Hall–Kier alpha value is -1.99. The van der Waals surface area contributed by atoms with Gasteiger partial charge in [-0.3, -0.25) is 19.7 Å². The first kappa shape index (κ1) is 19.3. The summed E-state index contributed by atoms with van der Waals surface area (Å²) < 4.78 is 14.7. The largest absolute Gasteiger partial charge is 0.339 e. The Kier molecular flexibility index (Phi) is 4.91. The van der Waals surface area contributed by atoms with Gasteiger partial charge in [0.15, 0.2) is 0 Å². The van der Waals surface area contributed by atoms with Crippen molar-refractivity contribution in [2.75, 3.05) is 13.6 Å². The number of carbonyl (C=O) groups is 2. The summed E-state index contributed by atoms with van der Waals surface area (Å²) in [5.74, 6) is -0.654. The number of hydroxylamine groups is 1. The van der Waals surface area contributed by atoms with Crippen molar-refractivity contribution in [3.05, 3.63) is 34.6 Å². The number of rotatable bonds is 4. The lowest BCUT2D eigenvalue weighted by molar-refractivity contribution is -0.155. The van der Waals surface area contributed by atoms with Gasteiger partial charge < -0.3 is 4.90 Å². The third kappa shape index (κ3) is 3.01. The lowest BCUT2D eigenvalue weighted by Crippen LogP contribution is -2.65. The molecule has 1 saturated carbocycles. The molecule has 152 valence electrons. The van der Waals surface area contributed by atoms with Gasteiger partial charge in [-0.15, -0.1) is 0 Å². The van der Waals surface area contributed by atoms with Crippen LogP contribution in [0.1, 0.15) is 60.5 Å². The third-order valence-corrected chi connectivity index (χ3v) is 7.26. The molecular weight excluding hydrogens is 361 g/mol. The van der Waals surface area contributed by atoms with E-state index in [2.05, 4.69) is 11.8 Å². The van der Waals surface area contributed by atoms with Crippen molar-refractivity contribution in [3.8, 4) is 0 Å². The molecule has 3 aliphatic heterocycles. The minimum absolute atomic E-state index is 0.122. The molecule has 2 amide bonds. The monoisotopic (exact) mass is 389 g/mol. The van der Waals surface area contributed by atoms with Crippen molar-refractivity contribution < 1.29 is 19.2 Å². The van der Waals surface area contributed by atoms with Gasteiger partial charge in [0.1, 0.15) is 5.82 Å². The average Bonchev–Trinajstić information content (AvgIpc) is 2.71. The van der Waals surface area contributed by atoms with Crippen LogP contribution in [0.15, 0.2) is 12.1 Å². The topological polar surface area (TPSA) is 72.9 Å². The minimum atomic E-state index is -0.708. The Morgan fingerprint density at radius 3 is 2.71 bits per heavy atom. The maximum atomic E-state index is 14.7. The van der Waals surface area contributed by atoms with E-state index in [1.165, 1.54) is 6.07 Å². The van der Waals surface area contributed by atoms with E-state index >= 15 is 0 Å². The highest BCUT2D eigenvalue weighted by atomic mass is 19.1. The summed E-state index contributed by atoms with van der Waals surface area (Å²) in [5, 5.41) is 8.89. The molecule has 1 aromatic rings. The standard InChI is InChI=1S/C21H28FN3O3/c1-3-16-10-17-15(8-14(9-18(17)22)19(26)23-28)11-25(16)12-21-6-4-13(5-7-21)20(27)24(21)2/h8-9,13,16,28H,3-7,10-12H2,1-2H3,(H,23,26)/t13?,16-,21?/m0/s1. The van der Waals surface area contributed by atoms with Gasteiger partial charge in [-0.05, 0) is 61.8 Å². The van der Waals surface area contributed by atoms with Crippen LogP contribution in [-0.2, 0) is 17.8 Å². The summed E-state index contributed by atoms with van der Waals surface area (Å²) >= 11 is 0. The zero-order valence-electron chi connectivity index (χ0n) is 16.5. The maximum absolute atomic E-state index is 14.7. The molecule has 1 aliphatic carbocycles. The van der Waals surface area contributed by atoms with E-state index in [9.17, 15) is 14.0 Å². The Bertz CT molecular complexity index is 804. The summed E-state index contributed by atoms with van der Waals surface area (Å²) in [4.78, 5) is 28.7. The van der Waals surface area contributed by atoms with E-state index in [0.29, 0.717) is 18.5 Å². The molecule has 1 atom stereocenters. The molecule has 3 fully saturated rings. The number of hydrogen-bond donors (Lipinski definition) is 2. The van der Waals surface area contributed by atoms with Crippen molar-refractivity contribution in [3.63, 3.8) is 0 Å². The lowest BCUT2D eigenvalue weighted by Gasteiger charge is -2.55. The summed E-state index contributed by atoms with van der Waals surface area (Å²) in [6, 6.07) is 3.07. The van der Waals surface area contributed by atoms with E-state index in [1.807, 2.05) is 11.9 Å². The van der Waals surface area contributed by atoms with Crippen LogP contribution >= 0.6 is 0 Å². The van der Waals surface area contributed by atoms with Gasteiger partial charge in [-0.2, -0.15) is 0 Å². The summed E-state index contributed by atoms with van der Waals surface area (Å²) in [6.45, 7) is 3.43. The van der Waals surface area contributed by atoms with Gasteiger partial charge in [0, 0.05) is 37.7 Å². The zero-order chi connectivity index (χ0) is 20.1. The van der Waals surface area contributed by atoms with Gasteiger partial charge >= 0.3 is 0 Å². The molecule has 6 nitrogen and oxygen atoms in total. The van der Waals surface area contributed by atoms with Gasteiger partial charge in [0.25, 0.3) is 5.91 Å². The van der Waals surface area contributed by atoms with E-state index in [-0.39, 0.29) is 29.0 Å². The second-order valence-electron chi connectivity index (χ2n) is 8.60. The molecule has 2 N–H and O–H groups in total. The lowest BCUT2D eigenvalue weighted by atomic mass is 9.69. The Labute approximate surface area is 164 Å². The normalized spacial score (nSPS) is 29.7. The number of halogens is 1. The first-order valence-electron chi connectivity index (χ1n) is 10.2. The molecule has 3 heterocycles. The highest BCUT2D eigenvalue weighted by Crippen LogP contribution is 2.44. The molecule has 1 aromatic carbocycles. The smallest absolute Gasteiger partial charge is 0.274 e. The van der Waals surface area contributed by atoms with Crippen LogP contribution in [0.4, 0.5) is 4.39 Å². The van der Waals surface area contributed by atoms with E-state index in [4.69, 9.17) is 5.21 Å². The fourth-order valence-electron chi connectivity index (χ4n) is 5.45. The molecule has 5 rings (SSSR count). The van der Waals surface area contributed by atoms with Gasteiger partial charge in [-0.1, -0.05) is 6.92 Å². The summed E-state index contributed by atoms with van der Waals surface area (Å²) in [5.41, 5.74) is 3.01. The number of nitrogens with zero attached hydrogens (tertiary/aromatic N) is 2. The molecule has 2 saturated heterocycles. The van der Waals surface area contributed by atoms with Gasteiger partial charge in [0.05, 0.1) is 5.54 Å². The van der Waals surface area contributed by atoms with Crippen LogP contribution in [0.25, 0.3) is 0 Å². The van der Waals surface area contributed by atoms with Gasteiger partial charge in [0.2, 0.25) is 5.91 Å². The molecule has 4 aliphatic rings. The molecule has 0 radical (unpaired) electrons. The van der Waals surface area contributed by atoms with Crippen molar-refractivity contribution in [1.29, 1.82) is 0 Å². The molecule has 0 spiro atoms. The minimum Gasteiger partial charge on any atom is -0.339 e. The number of fused-ring (bicyclic) bond motifs is 4. The van der Waals surface area contributed by atoms with Crippen LogP contribution in [0.5, 0.6) is 0 Å². The van der Waals surface area contributed by atoms with E-state index in [0.717, 1.165) is 44.2 Å². The van der Waals surface area contributed by atoms with Gasteiger partial charge in [-0.25, -0.2) is 9.87 Å². The quantitative estimate of drug-likeness (QED) is 0.613. The third-order valence-electron chi connectivity index (χ3n) is 7.26. The van der Waals surface area contributed by atoms with Crippen LogP contribution in [0, 0.1) is 11.7 Å². The number of piperidine rings is 2.